The van der Waals surface area contributed by atoms with Crippen molar-refractivity contribution in [1.82, 2.24) is 9.96 Å². The predicted molar refractivity (Wildman–Crippen MR) is 90.8 cm³/mol. The third-order valence-corrected chi connectivity index (χ3v) is 3.76. The van der Waals surface area contributed by atoms with Crippen LogP contribution in [0.5, 0.6) is 0 Å². The SMILES string of the molecule is CC(C)(C)OC(=O)N1CCN(OC(=O)c2ccccc2)C(C)(C=O)C1. The average Bonchev–Trinajstić information content (AvgIpc) is 2.56. The Labute approximate surface area is 147 Å². The van der Waals surface area contributed by atoms with E-state index in [4.69, 9.17) is 9.57 Å². The molecule has 7 heteroatoms. The van der Waals surface area contributed by atoms with Crippen molar-refractivity contribution in [3.05, 3.63) is 35.9 Å². The molecule has 1 atom stereocenters. The highest BCUT2D eigenvalue weighted by Gasteiger charge is 2.43. The highest BCUT2D eigenvalue weighted by atomic mass is 16.7. The Balaban J connectivity index is 2.06. The number of carbonyl (C=O) groups is 3. The zero-order valence-electron chi connectivity index (χ0n) is 15.0. The van der Waals surface area contributed by atoms with Crippen LogP contribution in [0.15, 0.2) is 30.3 Å². The molecule has 0 radical (unpaired) electrons. The summed E-state index contributed by atoms with van der Waals surface area (Å²) in [5.74, 6) is -0.542. The van der Waals surface area contributed by atoms with Gasteiger partial charge in [-0.25, -0.2) is 9.59 Å². The van der Waals surface area contributed by atoms with Crippen LogP contribution < -0.4 is 0 Å². The number of rotatable bonds is 3. The molecule has 2 rings (SSSR count). The van der Waals surface area contributed by atoms with Gasteiger partial charge in [0.05, 0.1) is 18.7 Å². The van der Waals surface area contributed by atoms with Crippen molar-refractivity contribution in [2.24, 2.45) is 0 Å². The Kier molecular flexibility index (Phi) is 5.47. The van der Waals surface area contributed by atoms with Crippen LogP contribution in [0.1, 0.15) is 38.1 Å². The van der Waals surface area contributed by atoms with E-state index in [1.54, 1.807) is 58.0 Å². The van der Waals surface area contributed by atoms with Crippen molar-refractivity contribution in [3.63, 3.8) is 0 Å². The monoisotopic (exact) mass is 348 g/mol. The quantitative estimate of drug-likeness (QED) is 0.780. The topological polar surface area (TPSA) is 76.2 Å². The zero-order chi connectivity index (χ0) is 18.7. The maximum Gasteiger partial charge on any atom is 0.410 e. The summed E-state index contributed by atoms with van der Waals surface area (Å²) in [7, 11) is 0. The molecule has 0 aromatic heterocycles. The molecule has 1 aromatic carbocycles. The second-order valence-electron chi connectivity index (χ2n) is 7.22. The van der Waals surface area contributed by atoms with Crippen molar-refractivity contribution in [3.8, 4) is 0 Å². The first-order valence-corrected chi connectivity index (χ1v) is 8.14. The van der Waals surface area contributed by atoms with E-state index >= 15 is 0 Å². The van der Waals surface area contributed by atoms with E-state index in [0.717, 1.165) is 0 Å². The Morgan fingerprint density at radius 2 is 1.80 bits per heavy atom. The molecule has 1 heterocycles. The highest BCUT2D eigenvalue weighted by Crippen LogP contribution is 2.23. The fraction of sp³-hybridized carbons (Fsp3) is 0.500. The maximum absolute atomic E-state index is 12.2. The number of benzene rings is 1. The molecule has 0 bridgehead atoms. The first-order valence-electron chi connectivity index (χ1n) is 8.14. The fourth-order valence-corrected chi connectivity index (χ4v) is 2.47. The number of piperazine rings is 1. The van der Waals surface area contributed by atoms with Gasteiger partial charge in [-0.3, -0.25) is 0 Å². The number of amides is 1. The number of aldehydes is 1. The van der Waals surface area contributed by atoms with Gasteiger partial charge in [0.15, 0.2) is 0 Å². The Morgan fingerprint density at radius 1 is 1.16 bits per heavy atom. The summed E-state index contributed by atoms with van der Waals surface area (Å²) < 4.78 is 5.35. The molecule has 1 aliphatic heterocycles. The molecule has 0 spiro atoms. The zero-order valence-corrected chi connectivity index (χ0v) is 15.0. The molecule has 25 heavy (non-hydrogen) atoms. The molecule has 1 aliphatic rings. The maximum atomic E-state index is 12.2. The van der Waals surface area contributed by atoms with E-state index in [1.807, 2.05) is 0 Å². The fourth-order valence-electron chi connectivity index (χ4n) is 2.47. The van der Waals surface area contributed by atoms with E-state index in [0.29, 0.717) is 18.4 Å². The van der Waals surface area contributed by atoms with Crippen molar-refractivity contribution in [1.29, 1.82) is 0 Å². The lowest BCUT2D eigenvalue weighted by Gasteiger charge is -2.43. The first kappa shape index (κ1) is 18.9. The molecule has 136 valence electrons. The number of hydrogen-bond acceptors (Lipinski definition) is 6. The third-order valence-electron chi connectivity index (χ3n) is 3.76. The summed E-state index contributed by atoms with van der Waals surface area (Å²) in [6, 6.07) is 8.53. The van der Waals surface area contributed by atoms with Gasteiger partial charge in [-0.1, -0.05) is 18.2 Å². The largest absolute Gasteiger partial charge is 0.444 e. The molecule has 7 nitrogen and oxygen atoms in total. The van der Waals surface area contributed by atoms with Crippen LogP contribution in [-0.2, 0) is 14.4 Å². The van der Waals surface area contributed by atoms with Gasteiger partial charge in [-0.15, -0.1) is 5.06 Å². The van der Waals surface area contributed by atoms with Crippen LogP contribution in [-0.4, -0.2) is 59.1 Å². The van der Waals surface area contributed by atoms with Crippen molar-refractivity contribution < 1.29 is 24.0 Å². The van der Waals surface area contributed by atoms with Crippen LogP contribution >= 0.6 is 0 Å². The van der Waals surface area contributed by atoms with Gasteiger partial charge >= 0.3 is 12.1 Å². The number of carbonyl (C=O) groups excluding carboxylic acids is 3. The van der Waals surface area contributed by atoms with E-state index in [9.17, 15) is 14.4 Å². The molecule has 0 aliphatic carbocycles. The first-order chi connectivity index (χ1) is 11.6. The van der Waals surface area contributed by atoms with Gasteiger partial charge in [-0.2, -0.15) is 0 Å². The molecule has 1 unspecified atom stereocenters. The van der Waals surface area contributed by atoms with Gasteiger partial charge in [0.2, 0.25) is 0 Å². The summed E-state index contributed by atoms with van der Waals surface area (Å²) >= 11 is 0. The van der Waals surface area contributed by atoms with Crippen molar-refractivity contribution in [2.45, 2.75) is 38.8 Å². The van der Waals surface area contributed by atoms with Gasteiger partial charge in [0, 0.05) is 6.54 Å². The van der Waals surface area contributed by atoms with Gasteiger partial charge in [0.25, 0.3) is 0 Å². The second kappa shape index (κ2) is 7.23. The van der Waals surface area contributed by atoms with Crippen LogP contribution in [0.25, 0.3) is 0 Å². The summed E-state index contributed by atoms with van der Waals surface area (Å²) in [5, 5.41) is 1.33. The average molecular weight is 348 g/mol. The standard InChI is InChI=1S/C18H24N2O5/c1-17(2,3)24-16(23)19-10-11-20(18(4,12-19)13-21)25-15(22)14-8-6-5-7-9-14/h5-9,13H,10-12H2,1-4H3. The Morgan fingerprint density at radius 3 is 2.36 bits per heavy atom. The van der Waals surface area contributed by atoms with Crippen molar-refractivity contribution >= 4 is 18.3 Å². The van der Waals surface area contributed by atoms with Gasteiger partial charge in [-0.05, 0) is 39.8 Å². The summed E-state index contributed by atoms with van der Waals surface area (Å²) in [4.78, 5) is 43.0. The number of nitrogens with zero attached hydrogens (tertiary/aromatic N) is 2. The van der Waals surface area contributed by atoms with E-state index < -0.39 is 23.2 Å². The highest BCUT2D eigenvalue weighted by molar-refractivity contribution is 5.89. The molecular formula is C18H24N2O5. The van der Waals surface area contributed by atoms with E-state index in [1.165, 1.54) is 9.96 Å². The van der Waals surface area contributed by atoms with Crippen LogP contribution in [0.2, 0.25) is 0 Å². The Hall–Kier alpha value is -2.41. The lowest BCUT2D eigenvalue weighted by molar-refractivity contribution is -0.192. The minimum absolute atomic E-state index is 0.0769. The number of ether oxygens (including phenoxy) is 1. The lowest BCUT2D eigenvalue weighted by atomic mass is 10.0. The summed E-state index contributed by atoms with van der Waals surface area (Å²) in [6.45, 7) is 7.54. The third kappa shape index (κ3) is 4.79. The molecule has 1 fully saturated rings. The van der Waals surface area contributed by atoms with Crippen LogP contribution in [0, 0.1) is 0 Å². The van der Waals surface area contributed by atoms with E-state index in [-0.39, 0.29) is 13.1 Å². The second-order valence-corrected chi connectivity index (χ2v) is 7.22. The molecule has 0 saturated carbocycles. The normalized spacial score (nSPS) is 21.5. The van der Waals surface area contributed by atoms with Gasteiger partial charge in [0.1, 0.15) is 17.4 Å². The predicted octanol–water partition coefficient (Wildman–Crippen LogP) is 2.27. The van der Waals surface area contributed by atoms with Crippen LogP contribution in [0.3, 0.4) is 0 Å². The number of hydrogen-bond donors (Lipinski definition) is 0. The Bertz CT molecular complexity index is 641. The minimum Gasteiger partial charge on any atom is -0.444 e. The summed E-state index contributed by atoms with van der Waals surface area (Å²) in [5.41, 5.74) is -1.36. The number of hydroxylamine groups is 2. The molecule has 1 amide bonds. The summed E-state index contributed by atoms with van der Waals surface area (Å²) in [6.07, 6.45) is 0.191. The smallest absolute Gasteiger partial charge is 0.410 e. The minimum atomic E-state index is -1.14. The van der Waals surface area contributed by atoms with Gasteiger partial charge < -0.3 is 19.3 Å². The lowest BCUT2D eigenvalue weighted by Crippen LogP contribution is -2.63. The van der Waals surface area contributed by atoms with Crippen molar-refractivity contribution in [2.75, 3.05) is 19.6 Å². The van der Waals surface area contributed by atoms with E-state index in [2.05, 4.69) is 0 Å². The molecule has 1 aromatic rings. The molecular weight excluding hydrogens is 324 g/mol. The van der Waals surface area contributed by atoms with Crippen LogP contribution in [0.4, 0.5) is 4.79 Å². The molecule has 0 N–H and O–H groups in total. The molecule has 1 saturated heterocycles.